The number of hydrogen-bond acceptors (Lipinski definition) is 5. The fourth-order valence-electron chi connectivity index (χ4n) is 2.18. The van der Waals surface area contributed by atoms with Gasteiger partial charge in [-0.3, -0.25) is 0 Å². The Morgan fingerprint density at radius 1 is 1.27 bits per heavy atom. The van der Waals surface area contributed by atoms with Gasteiger partial charge in [0.1, 0.15) is 10.0 Å². The van der Waals surface area contributed by atoms with Crippen LogP contribution in [0, 0.1) is 5.92 Å². The van der Waals surface area contributed by atoms with Crippen LogP contribution in [0.3, 0.4) is 0 Å². The number of hydrogen-bond donors (Lipinski definition) is 1. The van der Waals surface area contributed by atoms with E-state index in [0.717, 1.165) is 10.0 Å². The Balaban J connectivity index is 2.22. The second-order valence-corrected chi connectivity index (χ2v) is 5.26. The van der Waals surface area contributed by atoms with Crippen LogP contribution in [0.25, 0.3) is 0 Å². The lowest BCUT2D eigenvalue weighted by Crippen LogP contribution is -2.14. The Bertz CT molecular complexity index is 341. The van der Waals surface area contributed by atoms with E-state index < -0.39 is 0 Å². The van der Waals surface area contributed by atoms with E-state index in [2.05, 4.69) is 31.0 Å². The van der Waals surface area contributed by atoms with Crippen molar-refractivity contribution < 1.29 is 4.74 Å². The number of nitrogens with zero attached hydrogens (tertiary/aromatic N) is 2. The molecule has 15 heavy (non-hydrogen) atoms. The summed E-state index contributed by atoms with van der Waals surface area (Å²) in [6.45, 7) is 6.91. The highest BCUT2D eigenvalue weighted by Crippen LogP contribution is 2.40. The molecule has 0 spiro atoms. The lowest BCUT2D eigenvalue weighted by molar-refractivity contribution is 0.0556. The predicted molar refractivity (Wildman–Crippen MR) is 59.7 cm³/mol. The van der Waals surface area contributed by atoms with Crippen LogP contribution in [-0.2, 0) is 11.3 Å². The third-order valence-electron chi connectivity index (χ3n) is 3.18. The molecular weight excluding hydrogens is 210 g/mol. The van der Waals surface area contributed by atoms with Crippen molar-refractivity contribution in [3.8, 4) is 0 Å². The molecule has 1 aliphatic heterocycles. The van der Waals surface area contributed by atoms with E-state index >= 15 is 0 Å². The summed E-state index contributed by atoms with van der Waals surface area (Å²) in [5, 5.41) is 10.2. The Morgan fingerprint density at radius 3 is 2.47 bits per heavy atom. The van der Waals surface area contributed by atoms with Gasteiger partial charge >= 0.3 is 0 Å². The molecule has 0 amide bonds. The van der Waals surface area contributed by atoms with Crippen molar-refractivity contribution in [3.63, 3.8) is 0 Å². The maximum absolute atomic E-state index is 5.79. The Kier molecular flexibility index (Phi) is 3.04. The maximum Gasteiger partial charge on any atom is 0.131 e. The summed E-state index contributed by atoms with van der Waals surface area (Å²) in [6, 6.07) is 0. The summed E-state index contributed by atoms with van der Waals surface area (Å²) in [5.41, 5.74) is 5.54. The van der Waals surface area contributed by atoms with Crippen molar-refractivity contribution in [1.29, 1.82) is 0 Å². The third-order valence-corrected chi connectivity index (χ3v) is 4.23. The monoisotopic (exact) mass is 227 g/mol. The van der Waals surface area contributed by atoms with E-state index in [1.165, 1.54) is 0 Å². The molecule has 0 bridgehead atoms. The molecule has 4 unspecified atom stereocenters. The van der Waals surface area contributed by atoms with Gasteiger partial charge in [0.25, 0.3) is 0 Å². The molecule has 4 atom stereocenters. The summed E-state index contributed by atoms with van der Waals surface area (Å²) in [6.07, 6.45) is 0.531. The number of ether oxygens (including phenoxy) is 1. The first-order valence-corrected chi connectivity index (χ1v) is 6.13. The molecule has 0 saturated carbocycles. The van der Waals surface area contributed by atoms with Gasteiger partial charge in [-0.25, -0.2) is 0 Å². The van der Waals surface area contributed by atoms with E-state index in [4.69, 9.17) is 10.5 Å². The first kappa shape index (κ1) is 11.0. The van der Waals surface area contributed by atoms with Crippen LogP contribution >= 0.6 is 11.3 Å². The minimum atomic E-state index is 0.230. The molecule has 5 heteroatoms. The highest BCUT2D eigenvalue weighted by molar-refractivity contribution is 7.11. The normalized spacial score (nSPS) is 36.0. The summed E-state index contributed by atoms with van der Waals surface area (Å²) >= 11 is 1.61. The van der Waals surface area contributed by atoms with E-state index in [1.54, 1.807) is 11.3 Å². The van der Waals surface area contributed by atoms with Gasteiger partial charge in [0.2, 0.25) is 0 Å². The lowest BCUT2D eigenvalue weighted by Gasteiger charge is -2.14. The quantitative estimate of drug-likeness (QED) is 0.832. The standard InChI is InChI=1S/C10H17N3OS/c1-5-6(2)14-7(3)9(5)10-13-12-8(4-11)15-10/h5-7,9H,4,11H2,1-3H3. The van der Waals surface area contributed by atoms with Crippen molar-refractivity contribution >= 4 is 11.3 Å². The van der Waals surface area contributed by atoms with Gasteiger partial charge in [0.05, 0.1) is 12.2 Å². The maximum atomic E-state index is 5.79. The predicted octanol–water partition coefficient (Wildman–Crippen LogP) is 1.52. The number of aromatic nitrogens is 2. The fraction of sp³-hybridized carbons (Fsp3) is 0.800. The van der Waals surface area contributed by atoms with E-state index in [9.17, 15) is 0 Å². The van der Waals surface area contributed by atoms with Crippen LogP contribution in [0.4, 0.5) is 0 Å². The molecule has 0 aliphatic carbocycles. The van der Waals surface area contributed by atoms with Crippen molar-refractivity contribution in [3.05, 3.63) is 10.0 Å². The molecule has 84 valence electrons. The Hall–Kier alpha value is -0.520. The molecule has 1 fully saturated rings. The molecule has 2 N–H and O–H groups in total. The van der Waals surface area contributed by atoms with Gasteiger partial charge in [-0.05, 0) is 19.8 Å². The summed E-state index contributed by atoms with van der Waals surface area (Å²) in [7, 11) is 0. The van der Waals surface area contributed by atoms with Gasteiger partial charge in [-0.2, -0.15) is 0 Å². The highest BCUT2D eigenvalue weighted by Gasteiger charge is 2.39. The molecule has 2 rings (SSSR count). The van der Waals surface area contributed by atoms with Crippen LogP contribution in [0.1, 0.15) is 36.7 Å². The minimum Gasteiger partial charge on any atom is -0.375 e. The van der Waals surface area contributed by atoms with E-state index in [0.29, 0.717) is 24.5 Å². The zero-order chi connectivity index (χ0) is 11.0. The zero-order valence-electron chi connectivity index (χ0n) is 9.30. The number of rotatable bonds is 2. The van der Waals surface area contributed by atoms with Gasteiger partial charge in [-0.15, -0.1) is 10.2 Å². The van der Waals surface area contributed by atoms with Crippen LogP contribution in [0.2, 0.25) is 0 Å². The molecule has 1 aliphatic rings. The average molecular weight is 227 g/mol. The summed E-state index contributed by atoms with van der Waals surface area (Å²) < 4.78 is 5.79. The summed E-state index contributed by atoms with van der Waals surface area (Å²) in [4.78, 5) is 0. The van der Waals surface area contributed by atoms with Crippen LogP contribution in [0.15, 0.2) is 0 Å². The zero-order valence-corrected chi connectivity index (χ0v) is 10.1. The van der Waals surface area contributed by atoms with Crippen molar-refractivity contribution in [2.75, 3.05) is 0 Å². The SMILES string of the molecule is CC1OC(C)C(c2nnc(CN)s2)C1C. The van der Waals surface area contributed by atoms with Gasteiger partial charge in [0, 0.05) is 12.5 Å². The van der Waals surface area contributed by atoms with E-state index in [1.807, 2.05) is 0 Å². The first-order valence-electron chi connectivity index (χ1n) is 5.31. The largest absolute Gasteiger partial charge is 0.375 e. The Morgan fingerprint density at radius 2 is 2.00 bits per heavy atom. The topological polar surface area (TPSA) is 61.0 Å². The van der Waals surface area contributed by atoms with Gasteiger partial charge in [-0.1, -0.05) is 18.3 Å². The lowest BCUT2D eigenvalue weighted by atomic mass is 9.90. The second kappa shape index (κ2) is 4.15. The Labute approximate surface area is 93.8 Å². The van der Waals surface area contributed by atoms with Crippen LogP contribution < -0.4 is 5.73 Å². The molecule has 1 saturated heterocycles. The fourth-order valence-corrected chi connectivity index (χ4v) is 3.21. The number of nitrogens with two attached hydrogens (primary N) is 1. The van der Waals surface area contributed by atoms with Crippen LogP contribution in [-0.4, -0.2) is 22.4 Å². The highest BCUT2D eigenvalue weighted by atomic mass is 32.1. The molecule has 1 aromatic heterocycles. The van der Waals surface area contributed by atoms with Crippen LogP contribution in [0.5, 0.6) is 0 Å². The van der Waals surface area contributed by atoms with Crippen molar-refractivity contribution in [1.82, 2.24) is 10.2 Å². The molecule has 0 radical (unpaired) electrons. The second-order valence-electron chi connectivity index (χ2n) is 4.17. The summed E-state index contributed by atoms with van der Waals surface area (Å²) in [5.74, 6) is 0.872. The van der Waals surface area contributed by atoms with Gasteiger partial charge in [0.15, 0.2) is 0 Å². The van der Waals surface area contributed by atoms with Crippen molar-refractivity contribution in [2.45, 2.75) is 45.4 Å². The molecular formula is C10H17N3OS. The molecule has 0 aromatic carbocycles. The van der Waals surface area contributed by atoms with E-state index in [-0.39, 0.29) is 6.10 Å². The van der Waals surface area contributed by atoms with Gasteiger partial charge < -0.3 is 10.5 Å². The third kappa shape index (κ3) is 1.91. The molecule has 1 aromatic rings. The molecule has 2 heterocycles. The first-order chi connectivity index (χ1) is 7.13. The smallest absolute Gasteiger partial charge is 0.131 e. The van der Waals surface area contributed by atoms with Crippen molar-refractivity contribution in [2.24, 2.45) is 11.7 Å². The average Bonchev–Trinajstić information content (AvgIpc) is 2.74. The molecule has 4 nitrogen and oxygen atoms in total. The minimum absolute atomic E-state index is 0.230.